The molecule has 1 aliphatic heterocycles. The summed E-state index contributed by atoms with van der Waals surface area (Å²) >= 11 is 0. The van der Waals surface area contributed by atoms with E-state index >= 15 is 0 Å². The van der Waals surface area contributed by atoms with Crippen LogP contribution in [-0.4, -0.2) is 35.2 Å². The normalized spacial score (nSPS) is 29.6. The highest BCUT2D eigenvalue weighted by atomic mass is 16.3. The molecule has 110 valence electrons. The van der Waals surface area contributed by atoms with E-state index < -0.39 is 5.60 Å². The fourth-order valence-electron chi connectivity index (χ4n) is 3.87. The highest BCUT2D eigenvalue weighted by Gasteiger charge is 2.52. The van der Waals surface area contributed by atoms with Gasteiger partial charge < -0.3 is 10.0 Å². The number of nitrogens with zero attached hydrogens (tertiary/aromatic N) is 1. The van der Waals surface area contributed by atoms with Crippen LogP contribution >= 0.6 is 0 Å². The van der Waals surface area contributed by atoms with Crippen molar-refractivity contribution < 1.29 is 5.11 Å². The average molecular weight is 273 g/mol. The first-order chi connectivity index (χ1) is 9.58. The monoisotopic (exact) mass is 273 g/mol. The van der Waals surface area contributed by atoms with E-state index in [4.69, 9.17) is 0 Å². The zero-order valence-electron chi connectivity index (χ0n) is 12.8. The van der Waals surface area contributed by atoms with E-state index in [0.717, 1.165) is 31.8 Å². The second-order valence-electron chi connectivity index (χ2n) is 7.16. The maximum atomic E-state index is 11.0. The minimum atomic E-state index is -0.409. The quantitative estimate of drug-likeness (QED) is 0.910. The first-order valence-corrected chi connectivity index (χ1v) is 8.08. The zero-order valence-corrected chi connectivity index (χ0v) is 12.8. The Morgan fingerprint density at radius 1 is 1.20 bits per heavy atom. The molecule has 20 heavy (non-hydrogen) atoms. The molecule has 0 amide bonds. The number of piperidine rings is 1. The Morgan fingerprint density at radius 3 is 2.45 bits per heavy atom. The van der Waals surface area contributed by atoms with Gasteiger partial charge in [-0.25, -0.2) is 0 Å². The summed E-state index contributed by atoms with van der Waals surface area (Å²) in [4.78, 5) is 2.51. The van der Waals surface area contributed by atoms with Gasteiger partial charge in [-0.3, -0.25) is 0 Å². The van der Waals surface area contributed by atoms with Crippen LogP contribution in [0, 0.1) is 11.8 Å². The minimum Gasteiger partial charge on any atom is -0.389 e. The summed E-state index contributed by atoms with van der Waals surface area (Å²) < 4.78 is 0. The van der Waals surface area contributed by atoms with E-state index in [1.165, 1.54) is 18.5 Å². The van der Waals surface area contributed by atoms with Crippen molar-refractivity contribution in [3.8, 4) is 0 Å². The van der Waals surface area contributed by atoms with Gasteiger partial charge in [0.15, 0.2) is 0 Å². The molecule has 1 aromatic rings. The van der Waals surface area contributed by atoms with Crippen molar-refractivity contribution in [3.63, 3.8) is 0 Å². The fourth-order valence-corrected chi connectivity index (χ4v) is 3.87. The van der Waals surface area contributed by atoms with Gasteiger partial charge in [0, 0.05) is 19.6 Å². The van der Waals surface area contributed by atoms with Crippen LogP contribution in [0.2, 0.25) is 0 Å². The van der Waals surface area contributed by atoms with Gasteiger partial charge in [-0.15, -0.1) is 0 Å². The van der Waals surface area contributed by atoms with Gasteiger partial charge in [-0.1, -0.05) is 44.2 Å². The molecule has 3 rings (SSSR count). The molecule has 2 atom stereocenters. The zero-order chi connectivity index (χ0) is 14.2. The molecule has 1 heterocycles. The van der Waals surface area contributed by atoms with Gasteiger partial charge in [0.05, 0.1) is 5.60 Å². The molecule has 2 nitrogen and oxygen atoms in total. The number of hydrogen-bond acceptors (Lipinski definition) is 2. The highest BCUT2D eigenvalue weighted by molar-refractivity contribution is 5.28. The molecular formula is C18H27NO. The summed E-state index contributed by atoms with van der Waals surface area (Å²) in [5.74, 6) is 1.81. The van der Waals surface area contributed by atoms with Crippen molar-refractivity contribution in [2.24, 2.45) is 11.8 Å². The van der Waals surface area contributed by atoms with Crippen LogP contribution in [0.4, 0.5) is 0 Å². The molecule has 1 aromatic carbocycles. The summed E-state index contributed by atoms with van der Waals surface area (Å²) in [6.07, 6.45) is 3.08. The molecule has 0 radical (unpaired) electrons. The summed E-state index contributed by atoms with van der Waals surface area (Å²) in [5, 5.41) is 11.0. The maximum Gasteiger partial charge on any atom is 0.0706 e. The van der Waals surface area contributed by atoms with E-state index in [9.17, 15) is 5.11 Å². The average Bonchev–Trinajstić information content (AvgIpc) is 3.23. The molecule has 2 heteroatoms. The predicted octanol–water partition coefficient (Wildman–Crippen LogP) is 3.27. The predicted molar refractivity (Wildman–Crippen MR) is 82.8 cm³/mol. The van der Waals surface area contributed by atoms with Crippen LogP contribution in [0.1, 0.15) is 44.6 Å². The topological polar surface area (TPSA) is 23.5 Å². The largest absolute Gasteiger partial charge is 0.389 e. The van der Waals surface area contributed by atoms with Crippen LogP contribution in [0.3, 0.4) is 0 Å². The maximum absolute atomic E-state index is 11.0. The van der Waals surface area contributed by atoms with Crippen molar-refractivity contribution >= 4 is 0 Å². The Morgan fingerprint density at radius 2 is 1.85 bits per heavy atom. The van der Waals surface area contributed by atoms with Gasteiger partial charge >= 0.3 is 0 Å². The lowest BCUT2D eigenvalue weighted by Crippen LogP contribution is -2.46. The van der Waals surface area contributed by atoms with E-state index in [1.807, 2.05) is 0 Å². The Kier molecular flexibility index (Phi) is 3.87. The van der Waals surface area contributed by atoms with Crippen LogP contribution in [-0.2, 0) is 0 Å². The van der Waals surface area contributed by atoms with Gasteiger partial charge in [-0.2, -0.15) is 0 Å². The second kappa shape index (κ2) is 5.50. The van der Waals surface area contributed by atoms with Gasteiger partial charge in [0.2, 0.25) is 0 Å². The van der Waals surface area contributed by atoms with Crippen molar-refractivity contribution in [2.75, 3.05) is 19.6 Å². The van der Waals surface area contributed by atoms with Gasteiger partial charge in [0.25, 0.3) is 0 Å². The van der Waals surface area contributed by atoms with E-state index in [2.05, 4.69) is 49.1 Å². The molecule has 2 fully saturated rings. The van der Waals surface area contributed by atoms with Crippen molar-refractivity contribution in [2.45, 2.75) is 44.6 Å². The Balaban J connectivity index is 1.57. The summed E-state index contributed by atoms with van der Waals surface area (Å²) in [6.45, 7) is 7.84. The van der Waals surface area contributed by atoms with Crippen LogP contribution in [0.5, 0.6) is 0 Å². The summed E-state index contributed by atoms with van der Waals surface area (Å²) in [5.41, 5.74) is 1.00. The third-order valence-corrected chi connectivity index (χ3v) is 5.05. The Hall–Kier alpha value is -0.860. The lowest BCUT2D eigenvalue weighted by Gasteiger charge is -2.39. The van der Waals surface area contributed by atoms with Crippen molar-refractivity contribution in [1.82, 2.24) is 4.90 Å². The molecule has 1 aliphatic carbocycles. The molecule has 0 spiro atoms. The summed E-state index contributed by atoms with van der Waals surface area (Å²) in [6, 6.07) is 10.7. The highest BCUT2D eigenvalue weighted by Crippen LogP contribution is 2.56. The SMILES string of the molecule is CC(C)CN1CCC(O)(C2CC2c2ccccc2)CC1. The number of hydrogen-bond donors (Lipinski definition) is 1. The molecular weight excluding hydrogens is 246 g/mol. The molecule has 2 aliphatic rings. The molecule has 0 aromatic heterocycles. The third kappa shape index (κ3) is 2.91. The minimum absolute atomic E-state index is 0.409. The lowest BCUT2D eigenvalue weighted by molar-refractivity contribution is -0.0422. The Labute approximate surface area is 122 Å². The number of rotatable bonds is 4. The Bertz CT molecular complexity index is 434. The van der Waals surface area contributed by atoms with Crippen LogP contribution in [0.15, 0.2) is 30.3 Å². The molecule has 1 saturated heterocycles. The third-order valence-electron chi connectivity index (χ3n) is 5.05. The lowest BCUT2D eigenvalue weighted by atomic mass is 9.84. The van der Waals surface area contributed by atoms with Crippen LogP contribution < -0.4 is 0 Å². The first kappa shape index (κ1) is 14.1. The second-order valence-corrected chi connectivity index (χ2v) is 7.16. The fraction of sp³-hybridized carbons (Fsp3) is 0.667. The van der Waals surface area contributed by atoms with Crippen molar-refractivity contribution in [3.05, 3.63) is 35.9 Å². The molecule has 1 N–H and O–H groups in total. The summed E-state index contributed by atoms with van der Waals surface area (Å²) in [7, 11) is 0. The number of likely N-dealkylation sites (tertiary alicyclic amines) is 1. The first-order valence-electron chi connectivity index (χ1n) is 8.08. The van der Waals surface area contributed by atoms with Gasteiger partial charge in [-0.05, 0) is 42.6 Å². The van der Waals surface area contributed by atoms with E-state index in [-0.39, 0.29) is 0 Å². The van der Waals surface area contributed by atoms with Gasteiger partial charge in [0.1, 0.15) is 0 Å². The molecule has 1 saturated carbocycles. The molecule has 2 unspecified atom stereocenters. The smallest absolute Gasteiger partial charge is 0.0706 e. The number of benzene rings is 1. The van der Waals surface area contributed by atoms with E-state index in [0.29, 0.717) is 11.8 Å². The van der Waals surface area contributed by atoms with E-state index in [1.54, 1.807) is 0 Å². The number of aliphatic hydroxyl groups is 1. The van der Waals surface area contributed by atoms with Crippen molar-refractivity contribution in [1.29, 1.82) is 0 Å². The molecule has 0 bridgehead atoms. The van der Waals surface area contributed by atoms with Crippen LogP contribution in [0.25, 0.3) is 0 Å². The standard InChI is InChI=1S/C18H27NO/c1-14(2)13-19-10-8-18(20,9-11-19)17-12-16(17)15-6-4-3-5-7-15/h3-7,14,16-17,20H,8-13H2,1-2H3.